The Kier molecular flexibility index (Phi) is 3.22. The summed E-state index contributed by atoms with van der Waals surface area (Å²) in [4.78, 5) is 4.13. The molecule has 1 aliphatic carbocycles. The van der Waals surface area contributed by atoms with Crippen molar-refractivity contribution in [3.63, 3.8) is 0 Å². The second-order valence-electron chi connectivity index (χ2n) is 3.45. The molecule has 0 atom stereocenters. The van der Waals surface area contributed by atoms with Crippen molar-refractivity contribution in [2.75, 3.05) is 0 Å². The van der Waals surface area contributed by atoms with Crippen molar-refractivity contribution in [1.82, 2.24) is 4.98 Å². The Morgan fingerprint density at radius 3 is 2.77 bits per heavy atom. The molecule has 1 aromatic rings. The van der Waals surface area contributed by atoms with E-state index >= 15 is 0 Å². The zero-order chi connectivity index (χ0) is 9.10. The van der Waals surface area contributed by atoms with Crippen LogP contribution in [0, 0.1) is 0 Å². The molecule has 0 radical (unpaired) electrons. The van der Waals surface area contributed by atoms with Gasteiger partial charge in [-0.3, -0.25) is 0 Å². The lowest BCUT2D eigenvalue weighted by Gasteiger charge is -2.18. The summed E-state index contributed by atoms with van der Waals surface area (Å²) in [7, 11) is 1.27. The number of hydrogen-bond acceptors (Lipinski definition) is 4. The number of hydrogen-bond donors (Lipinski definition) is 1. The van der Waals surface area contributed by atoms with Gasteiger partial charge in [-0.15, -0.1) is 11.7 Å². The smallest absolute Gasteiger partial charge is 0.266 e. The van der Waals surface area contributed by atoms with E-state index < -0.39 is 0 Å². The lowest BCUT2D eigenvalue weighted by Crippen LogP contribution is -2.02. The highest BCUT2D eigenvalue weighted by atomic mass is 33.1. The first-order chi connectivity index (χ1) is 6.40. The van der Waals surface area contributed by atoms with Gasteiger partial charge in [0.15, 0.2) is 0 Å². The third-order valence-electron chi connectivity index (χ3n) is 2.59. The summed E-state index contributed by atoms with van der Waals surface area (Å²) >= 11 is 4.05. The fourth-order valence-electron chi connectivity index (χ4n) is 1.89. The molecule has 72 valence electrons. The lowest BCUT2D eigenvalue weighted by atomic mass is 9.88. The molecule has 0 spiro atoms. The predicted molar refractivity (Wildman–Crippen MR) is 57.2 cm³/mol. The van der Waals surface area contributed by atoms with Crippen LogP contribution in [0.4, 0.5) is 0 Å². The molecule has 13 heavy (non-hydrogen) atoms. The van der Waals surface area contributed by atoms with Gasteiger partial charge in [-0.2, -0.15) is 0 Å². The fraction of sp³-hybridized carbons (Fsp3) is 0.667. The molecule has 0 aliphatic heterocycles. The monoisotopic (exact) mass is 215 g/mol. The molecule has 4 heteroatoms. The quantitative estimate of drug-likeness (QED) is 0.602. The van der Waals surface area contributed by atoms with Crippen LogP contribution >= 0.6 is 22.5 Å². The van der Waals surface area contributed by atoms with E-state index in [2.05, 4.69) is 16.6 Å². The summed E-state index contributed by atoms with van der Waals surface area (Å²) in [6.07, 6.45) is 8.40. The Morgan fingerprint density at radius 1 is 1.38 bits per heavy atom. The molecule has 0 aromatic carbocycles. The average Bonchev–Trinajstić information content (AvgIpc) is 2.67. The van der Waals surface area contributed by atoms with Crippen LogP contribution in [-0.2, 0) is 0 Å². The van der Waals surface area contributed by atoms with Gasteiger partial charge in [0.05, 0.1) is 6.20 Å². The first-order valence-electron chi connectivity index (χ1n) is 4.67. The van der Waals surface area contributed by atoms with Gasteiger partial charge in [0.25, 0.3) is 5.22 Å². The van der Waals surface area contributed by atoms with Gasteiger partial charge in [-0.1, -0.05) is 19.3 Å². The number of aromatic nitrogens is 1. The Balaban J connectivity index is 2.05. The summed E-state index contributed by atoms with van der Waals surface area (Å²) in [5, 5.41) is 0.670. The van der Waals surface area contributed by atoms with Crippen LogP contribution in [0.3, 0.4) is 0 Å². The van der Waals surface area contributed by atoms with E-state index in [-0.39, 0.29) is 0 Å². The number of nitrogens with zero attached hydrogens (tertiary/aromatic N) is 1. The number of thiol groups is 1. The summed E-state index contributed by atoms with van der Waals surface area (Å²) in [6.45, 7) is 0. The van der Waals surface area contributed by atoms with E-state index in [0.717, 1.165) is 5.76 Å². The molecule has 0 amide bonds. The normalized spacial score (nSPS) is 19.2. The van der Waals surface area contributed by atoms with Crippen LogP contribution in [0.15, 0.2) is 15.8 Å². The molecule has 0 unspecified atom stereocenters. The third-order valence-corrected chi connectivity index (χ3v) is 3.40. The molecule has 2 rings (SSSR count). The molecule has 1 aromatic heterocycles. The molecule has 1 fully saturated rings. The molecule has 0 saturated heterocycles. The minimum absolute atomic E-state index is 0.607. The minimum Gasteiger partial charge on any atom is -0.436 e. The first kappa shape index (κ1) is 9.46. The minimum atomic E-state index is 0.607. The van der Waals surface area contributed by atoms with Crippen LogP contribution in [0.2, 0.25) is 0 Å². The largest absolute Gasteiger partial charge is 0.436 e. The van der Waals surface area contributed by atoms with Crippen LogP contribution in [0.1, 0.15) is 43.8 Å². The third kappa shape index (κ3) is 2.23. The van der Waals surface area contributed by atoms with Gasteiger partial charge in [0.2, 0.25) is 0 Å². The van der Waals surface area contributed by atoms with Crippen molar-refractivity contribution in [3.8, 4) is 0 Å². The molecule has 1 aliphatic rings. The second-order valence-corrected chi connectivity index (χ2v) is 4.53. The van der Waals surface area contributed by atoms with E-state index in [9.17, 15) is 0 Å². The topological polar surface area (TPSA) is 26.0 Å². The number of oxazole rings is 1. The maximum absolute atomic E-state index is 5.55. The van der Waals surface area contributed by atoms with Crippen LogP contribution in [0.5, 0.6) is 0 Å². The number of rotatable bonds is 2. The zero-order valence-electron chi connectivity index (χ0n) is 7.40. The molecular formula is C9H13NOS2. The van der Waals surface area contributed by atoms with Crippen molar-refractivity contribution in [2.24, 2.45) is 0 Å². The maximum atomic E-state index is 5.55. The fourth-order valence-corrected chi connectivity index (χ4v) is 2.37. The van der Waals surface area contributed by atoms with Gasteiger partial charge in [0.1, 0.15) is 5.76 Å². The summed E-state index contributed by atoms with van der Waals surface area (Å²) in [5.74, 6) is 1.66. The standard InChI is InChI=1S/C9H13NOS2/c12-13-9-10-6-8(11-9)7-4-2-1-3-5-7/h6-7,12H,1-5H2. The van der Waals surface area contributed by atoms with Crippen molar-refractivity contribution in [1.29, 1.82) is 0 Å². The van der Waals surface area contributed by atoms with Crippen molar-refractivity contribution >= 4 is 22.5 Å². The Bertz CT molecular complexity index is 268. The van der Waals surface area contributed by atoms with Crippen molar-refractivity contribution < 1.29 is 4.42 Å². The summed E-state index contributed by atoms with van der Waals surface area (Å²) in [5.41, 5.74) is 0. The Morgan fingerprint density at radius 2 is 2.15 bits per heavy atom. The molecule has 0 bridgehead atoms. The van der Waals surface area contributed by atoms with Crippen LogP contribution in [-0.4, -0.2) is 4.98 Å². The molecule has 2 nitrogen and oxygen atoms in total. The molecule has 1 heterocycles. The summed E-state index contributed by atoms with van der Waals surface area (Å²) in [6, 6.07) is 0. The van der Waals surface area contributed by atoms with Gasteiger partial charge >= 0.3 is 0 Å². The van der Waals surface area contributed by atoms with E-state index in [0.29, 0.717) is 11.1 Å². The second kappa shape index (κ2) is 4.42. The van der Waals surface area contributed by atoms with Crippen LogP contribution in [0.25, 0.3) is 0 Å². The Labute approximate surface area is 87.3 Å². The van der Waals surface area contributed by atoms with Crippen molar-refractivity contribution in [3.05, 3.63) is 12.0 Å². The summed E-state index contributed by atoms with van der Waals surface area (Å²) < 4.78 is 5.55. The van der Waals surface area contributed by atoms with Gasteiger partial charge in [-0.05, 0) is 23.6 Å². The van der Waals surface area contributed by atoms with E-state index in [1.54, 1.807) is 0 Å². The van der Waals surface area contributed by atoms with Gasteiger partial charge in [0, 0.05) is 5.92 Å². The lowest BCUT2D eigenvalue weighted by molar-refractivity contribution is 0.341. The predicted octanol–water partition coefficient (Wildman–Crippen LogP) is 3.66. The maximum Gasteiger partial charge on any atom is 0.266 e. The zero-order valence-corrected chi connectivity index (χ0v) is 9.11. The van der Waals surface area contributed by atoms with Crippen LogP contribution < -0.4 is 0 Å². The highest BCUT2D eigenvalue weighted by Crippen LogP contribution is 2.34. The van der Waals surface area contributed by atoms with E-state index in [4.69, 9.17) is 4.42 Å². The molecule has 1 saturated carbocycles. The van der Waals surface area contributed by atoms with E-state index in [1.807, 2.05) is 6.20 Å². The Hall–Kier alpha value is -0.0900. The highest BCUT2D eigenvalue weighted by Gasteiger charge is 2.19. The SMILES string of the molecule is SSc1ncc(C2CCCCC2)o1. The highest BCUT2D eigenvalue weighted by molar-refractivity contribution is 8.68. The van der Waals surface area contributed by atoms with Gasteiger partial charge in [-0.25, -0.2) is 4.98 Å². The average molecular weight is 215 g/mol. The van der Waals surface area contributed by atoms with Crippen molar-refractivity contribution in [2.45, 2.75) is 43.2 Å². The van der Waals surface area contributed by atoms with Gasteiger partial charge < -0.3 is 4.42 Å². The molecular weight excluding hydrogens is 202 g/mol. The first-order valence-corrected chi connectivity index (χ1v) is 6.54. The van der Waals surface area contributed by atoms with E-state index in [1.165, 1.54) is 42.9 Å². The molecule has 0 N–H and O–H groups in total.